The molecule has 0 amide bonds. The Morgan fingerprint density at radius 2 is 2.05 bits per heavy atom. The van der Waals surface area contributed by atoms with Gasteiger partial charge < -0.3 is 24.7 Å². The lowest BCUT2D eigenvalue weighted by Gasteiger charge is -2.15. The largest absolute Gasteiger partial charge is 0.469 e. The van der Waals surface area contributed by atoms with Gasteiger partial charge in [0.1, 0.15) is 24.5 Å². The van der Waals surface area contributed by atoms with Crippen LogP contribution in [0.15, 0.2) is 15.8 Å². The summed E-state index contributed by atoms with van der Waals surface area (Å²) < 4.78 is 20.4. The summed E-state index contributed by atoms with van der Waals surface area (Å²) in [6.07, 6.45) is -5.13. The molecule has 118 valence electrons. The lowest BCUT2D eigenvalue weighted by molar-refractivity contribution is -0.0610. The molecule has 13 heteroatoms. The molecule has 1 saturated heterocycles. The molecule has 0 saturated carbocycles. The SMILES string of the molecule is O=c1cnn(C2OC(COP(=O)(O)O)C(O)C2O)c(=O)[nH]1. The van der Waals surface area contributed by atoms with Gasteiger partial charge in [0.15, 0.2) is 6.23 Å². The highest BCUT2D eigenvalue weighted by Crippen LogP contribution is 2.38. The minimum absolute atomic E-state index is 0.590. The molecule has 0 aromatic carbocycles. The average Bonchev–Trinajstić information content (AvgIpc) is 2.64. The summed E-state index contributed by atoms with van der Waals surface area (Å²) in [5.41, 5.74) is -1.74. The molecule has 0 bridgehead atoms. The van der Waals surface area contributed by atoms with Crippen molar-refractivity contribution >= 4 is 7.82 Å². The Morgan fingerprint density at radius 1 is 1.38 bits per heavy atom. The van der Waals surface area contributed by atoms with Crippen LogP contribution < -0.4 is 11.2 Å². The number of phosphoric acid groups is 1. The van der Waals surface area contributed by atoms with Crippen LogP contribution in [-0.2, 0) is 13.8 Å². The first-order chi connectivity index (χ1) is 9.69. The molecule has 1 aromatic heterocycles. The van der Waals surface area contributed by atoms with E-state index in [2.05, 4.69) is 9.62 Å². The number of nitrogens with zero attached hydrogens (tertiary/aromatic N) is 2. The predicted molar refractivity (Wildman–Crippen MR) is 63.0 cm³/mol. The average molecular weight is 325 g/mol. The molecule has 0 radical (unpaired) electrons. The van der Waals surface area contributed by atoms with Crippen molar-refractivity contribution < 1.29 is 33.8 Å². The fourth-order valence-corrected chi connectivity index (χ4v) is 2.12. The van der Waals surface area contributed by atoms with Crippen molar-refractivity contribution in [3.8, 4) is 0 Å². The smallest absolute Gasteiger partial charge is 0.387 e. The molecule has 1 aliphatic rings. The first-order valence-electron chi connectivity index (χ1n) is 5.59. The Kier molecular flexibility index (Phi) is 4.39. The standard InChI is InChI=1S/C8H12N3O9P/c12-4-1-9-11(8(15)10-4)7-6(14)5(13)3(20-7)2-19-21(16,17)18/h1,3,5-7,13-14H,2H2,(H,10,12,15)(H2,16,17,18). The molecule has 2 heterocycles. The number of ether oxygens (including phenoxy) is 1. The first-order valence-corrected chi connectivity index (χ1v) is 7.12. The lowest BCUT2D eigenvalue weighted by atomic mass is 10.1. The fraction of sp³-hybridized carbons (Fsp3) is 0.625. The molecule has 1 fully saturated rings. The minimum atomic E-state index is -4.78. The van der Waals surface area contributed by atoms with E-state index in [1.807, 2.05) is 4.98 Å². The van der Waals surface area contributed by atoms with E-state index < -0.39 is 50.2 Å². The number of phosphoric ester groups is 1. The fourth-order valence-electron chi connectivity index (χ4n) is 1.78. The summed E-state index contributed by atoms with van der Waals surface area (Å²) in [5, 5.41) is 23.0. The molecule has 12 nitrogen and oxygen atoms in total. The second kappa shape index (κ2) is 5.77. The van der Waals surface area contributed by atoms with E-state index >= 15 is 0 Å². The van der Waals surface area contributed by atoms with Crippen LogP contribution in [0.1, 0.15) is 6.23 Å². The van der Waals surface area contributed by atoms with Crippen LogP contribution in [0, 0.1) is 0 Å². The van der Waals surface area contributed by atoms with Crippen molar-refractivity contribution in [2.24, 2.45) is 0 Å². The molecule has 4 atom stereocenters. The van der Waals surface area contributed by atoms with Crippen LogP contribution >= 0.6 is 7.82 Å². The Morgan fingerprint density at radius 3 is 2.62 bits per heavy atom. The van der Waals surface area contributed by atoms with Gasteiger partial charge >= 0.3 is 13.5 Å². The number of aromatic amines is 1. The number of aliphatic hydroxyl groups is 2. The molecule has 1 aliphatic heterocycles. The van der Waals surface area contributed by atoms with Crippen LogP contribution in [0.5, 0.6) is 0 Å². The number of H-pyrrole nitrogens is 1. The van der Waals surface area contributed by atoms with Gasteiger partial charge in [0, 0.05) is 0 Å². The van der Waals surface area contributed by atoms with Crippen LogP contribution in [0.25, 0.3) is 0 Å². The van der Waals surface area contributed by atoms with E-state index in [-0.39, 0.29) is 0 Å². The highest BCUT2D eigenvalue weighted by molar-refractivity contribution is 7.46. The zero-order chi connectivity index (χ0) is 15.8. The third-order valence-electron chi connectivity index (χ3n) is 2.72. The molecule has 4 unspecified atom stereocenters. The molecular formula is C8H12N3O9P. The van der Waals surface area contributed by atoms with Crippen LogP contribution in [-0.4, -0.2) is 59.7 Å². The van der Waals surface area contributed by atoms with E-state index in [1.54, 1.807) is 0 Å². The second-order valence-electron chi connectivity index (χ2n) is 4.22. The van der Waals surface area contributed by atoms with Gasteiger partial charge in [-0.2, -0.15) is 9.78 Å². The maximum absolute atomic E-state index is 11.5. The van der Waals surface area contributed by atoms with Crippen molar-refractivity contribution in [2.45, 2.75) is 24.5 Å². The molecule has 2 rings (SSSR count). The van der Waals surface area contributed by atoms with Crippen LogP contribution in [0.2, 0.25) is 0 Å². The summed E-state index contributed by atoms with van der Waals surface area (Å²) in [7, 11) is -4.78. The maximum Gasteiger partial charge on any atom is 0.469 e. The molecule has 5 N–H and O–H groups in total. The summed E-state index contributed by atoms with van der Waals surface area (Å²) in [4.78, 5) is 41.4. The van der Waals surface area contributed by atoms with Crippen molar-refractivity contribution in [2.75, 3.05) is 6.61 Å². The van der Waals surface area contributed by atoms with E-state index in [9.17, 15) is 24.4 Å². The van der Waals surface area contributed by atoms with E-state index in [1.165, 1.54) is 0 Å². The normalized spacial score (nSPS) is 29.7. The highest BCUT2D eigenvalue weighted by Gasteiger charge is 2.45. The van der Waals surface area contributed by atoms with Crippen molar-refractivity contribution in [3.63, 3.8) is 0 Å². The topological polar surface area (TPSA) is 184 Å². The third-order valence-corrected chi connectivity index (χ3v) is 3.21. The van der Waals surface area contributed by atoms with Crippen molar-refractivity contribution in [1.82, 2.24) is 14.8 Å². The number of hydrogen-bond donors (Lipinski definition) is 5. The monoisotopic (exact) mass is 325 g/mol. The zero-order valence-corrected chi connectivity index (χ0v) is 11.2. The summed E-state index contributed by atoms with van der Waals surface area (Å²) in [6.45, 7) is -0.711. The summed E-state index contributed by atoms with van der Waals surface area (Å²) >= 11 is 0. The zero-order valence-electron chi connectivity index (χ0n) is 10.3. The van der Waals surface area contributed by atoms with Crippen LogP contribution in [0.3, 0.4) is 0 Å². The summed E-state index contributed by atoms with van der Waals surface area (Å²) in [5.74, 6) is 0. The number of aromatic nitrogens is 3. The Hall–Kier alpha value is -1.40. The second-order valence-corrected chi connectivity index (χ2v) is 5.46. The Bertz CT molecular complexity index is 665. The Balaban J connectivity index is 2.18. The van der Waals surface area contributed by atoms with Gasteiger partial charge in [-0.05, 0) is 0 Å². The van der Waals surface area contributed by atoms with Crippen LogP contribution in [0.4, 0.5) is 0 Å². The molecular weight excluding hydrogens is 313 g/mol. The first kappa shape index (κ1) is 16.0. The van der Waals surface area contributed by atoms with Gasteiger partial charge in [0.2, 0.25) is 0 Å². The number of hydrogen-bond acceptors (Lipinski definition) is 8. The van der Waals surface area contributed by atoms with Gasteiger partial charge in [-0.3, -0.25) is 14.3 Å². The van der Waals surface area contributed by atoms with Gasteiger partial charge in [-0.25, -0.2) is 9.36 Å². The van der Waals surface area contributed by atoms with E-state index in [0.29, 0.717) is 4.68 Å². The van der Waals surface area contributed by atoms with Gasteiger partial charge in [-0.1, -0.05) is 0 Å². The maximum atomic E-state index is 11.5. The molecule has 1 aromatic rings. The van der Waals surface area contributed by atoms with Crippen molar-refractivity contribution in [3.05, 3.63) is 27.0 Å². The summed E-state index contributed by atoms with van der Waals surface area (Å²) in [6, 6.07) is 0. The number of rotatable bonds is 4. The number of nitrogens with one attached hydrogen (secondary N) is 1. The van der Waals surface area contributed by atoms with E-state index in [0.717, 1.165) is 6.20 Å². The van der Waals surface area contributed by atoms with Crippen molar-refractivity contribution in [1.29, 1.82) is 0 Å². The number of aliphatic hydroxyl groups excluding tert-OH is 2. The van der Waals surface area contributed by atoms with Gasteiger partial charge in [0.25, 0.3) is 5.56 Å². The van der Waals surface area contributed by atoms with E-state index in [4.69, 9.17) is 14.5 Å². The predicted octanol–water partition coefficient (Wildman–Crippen LogP) is -3.34. The minimum Gasteiger partial charge on any atom is -0.387 e. The molecule has 0 spiro atoms. The Labute approximate surface area is 115 Å². The molecule has 0 aliphatic carbocycles. The lowest BCUT2D eigenvalue weighted by Crippen LogP contribution is -2.39. The van der Waals surface area contributed by atoms with Gasteiger partial charge in [-0.15, -0.1) is 0 Å². The highest BCUT2D eigenvalue weighted by atomic mass is 31.2. The third kappa shape index (κ3) is 3.63. The molecule has 21 heavy (non-hydrogen) atoms. The van der Waals surface area contributed by atoms with Gasteiger partial charge in [0.05, 0.1) is 6.61 Å². The quantitative estimate of drug-likeness (QED) is 0.350.